The van der Waals surface area contributed by atoms with Gasteiger partial charge in [0.25, 0.3) is 0 Å². The Kier molecular flexibility index (Phi) is 6.97. The van der Waals surface area contributed by atoms with E-state index in [0.29, 0.717) is 36.5 Å². The summed E-state index contributed by atoms with van der Waals surface area (Å²) in [7, 11) is 0. The smallest absolute Gasteiger partial charge is 0.323 e. The van der Waals surface area contributed by atoms with Crippen molar-refractivity contribution in [2.24, 2.45) is 0 Å². The molecule has 11 heteroatoms. The van der Waals surface area contributed by atoms with Crippen LogP contribution >= 0.6 is 0 Å². The van der Waals surface area contributed by atoms with Crippen LogP contribution in [0.15, 0.2) is 48.8 Å². The molecule has 2 amide bonds. The first-order chi connectivity index (χ1) is 17.9. The maximum atomic E-state index is 15.4. The van der Waals surface area contributed by atoms with Gasteiger partial charge >= 0.3 is 6.03 Å². The Morgan fingerprint density at radius 2 is 1.89 bits per heavy atom. The number of ether oxygens (including phenoxy) is 1. The monoisotopic (exact) mass is 507 g/mol. The summed E-state index contributed by atoms with van der Waals surface area (Å²) >= 11 is 0. The SMILES string of the molecule is CCc1cccc(NC(=O)Nc2cc(F)c(-c3cc(CN4CCOCC4)n4ncnc(N)c34)cc2F)c1. The van der Waals surface area contributed by atoms with Crippen molar-refractivity contribution in [2.45, 2.75) is 19.9 Å². The summed E-state index contributed by atoms with van der Waals surface area (Å²) in [4.78, 5) is 18.7. The Balaban J connectivity index is 1.43. The molecule has 1 saturated heterocycles. The van der Waals surface area contributed by atoms with Crippen LogP contribution < -0.4 is 16.4 Å². The highest BCUT2D eigenvalue weighted by atomic mass is 19.1. The Bertz CT molecular complexity index is 1450. The molecular weight excluding hydrogens is 480 g/mol. The van der Waals surface area contributed by atoms with E-state index >= 15 is 8.78 Å². The van der Waals surface area contributed by atoms with Crippen molar-refractivity contribution in [2.75, 3.05) is 42.7 Å². The number of carbonyl (C=O) groups excluding carboxylic acids is 1. The van der Waals surface area contributed by atoms with Crippen molar-refractivity contribution in [1.82, 2.24) is 19.5 Å². The van der Waals surface area contributed by atoms with Gasteiger partial charge in [-0.2, -0.15) is 5.10 Å². The number of amides is 2. The molecule has 3 heterocycles. The molecule has 0 spiro atoms. The van der Waals surface area contributed by atoms with Crippen molar-refractivity contribution in [3.05, 3.63) is 71.7 Å². The Morgan fingerprint density at radius 1 is 1.08 bits per heavy atom. The molecule has 0 bridgehead atoms. The van der Waals surface area contributed by atoms with Crippen molar-refractivity contribution in [3.8, 4) is 11.1 Å². The van der Waals surface area contributed by atoms with Gasteiger partial charge in [0.2, 0.25) is 0 Å². The molecule has 4 N–H and O–H groups in total. The quantitative estimate of drug-likeness (QED) is 0.359. The fourth-order valence-electron chi connectivity index (χ4n) is 4.44. The van der Waals surface area contributed by atoms with E-state index in [1.807, 2.05) is 25.1 Å². The number of fused-ring (bicyclic) bond motifs is 1. The van der Waals surface area contributed by atoms with Gasteiger partial charge in [-0.25, -0.2) is 23.1 Å². The van der Waals surface area contributed by atoms with E-state index in [0.717, 1.165) is 42.9 Å². The molecule has 37 heavy (non-hydrogen) atoms. The zero-order valence-corrected chi connectivity index (χ0v) is 20.3. The van der Waals surface area contributed by atoms with Crippen LogP contribution in [0.4, 0.5) is 30.8 Å². The maximum Gasteiger partial charge on any atom is 0.323 e. The van der Waals surface area contributed by atoms with Crippen molar-refractivity contribution < 1.29 is 18.3 Å². The van der Waals surface area contributed by atoms with E-state index in [1.54, 1.807) is 16.6 Å². The summed E-state index contributed by atoms with van der Waals surface area (Å²) in [5, 5.41) is 9.33. The molecule has 2 aromatic carbocycles. The number of anilines is 3. The number of nitrogens with two attached hydrogens (primary N) is 1. The first kappa shape index (κ1) is 24.6. The number of nitrogen functional groups attached to an aromatic ring is 1. The number of morpholine rings is 1. The lowest BCUT2D eigenvalue weighted by molar-refractivity contribution is 0.0334. The lowest BCUT2D eigenvalue weighted by Gasteiger charge is -2.26. The van der Waals surface area contributed by atoms with E-state index in [1.165, 1.54) is 6.33 Å². The summed E-state index contributed by atoms with van der Waals surface area (Å²) in [6, 6.07) is 10.4. The summed E-state index contributed by atoms with van der Waals surface area (Å²) in [5.41, 5.74) is 8.94. The zero-order chi connectivity index (χ0) is 25.9. The molecule has 192 valence electrons. The number of urea groups is 1. The van der Waals surface area contributed by atoms with Crippen LogP contribution in [0.2, 0.25) is 0 Å². The van der Waals surface area contributed by atoms with Crippen LogP contribution in [0, 0.1) is 11.6 Å². The molecule has 1 aliphatic rings. The van der Waals surface area contributed by atoms with Gasteiger partial charge in [-0.1, -0.05) is 19.1 Å². The average Bonchev–Trinajstić information content (AvgIpc) is 3.26. The van der Waals surface area contributed by atoms with Gasteiger partial charge in [-0.05, 0) is 36.2 Å². The van der Waals surface area contributed by atoms with E-state index in [2.05, 4.69) is 25.6 Å². The van der Waals surface area contributed by atoms with Crippen LogP contribution in [0.1, 0.15) is 18.2 Å². The largest absolute Gasteiger partial charge is 0.382 e. The average molecular weight is 508 g/mol. The van der Waals surface area contributed by atoms with Crippen LogP contribution in [0.5, 0.6) is 0 Å². The number of benzene rings is 2. The predicted molar refractivity (Wildman–Crippen MR) is 137 cm³/mol. The molecular formula is C26H27F2N7O2. The molecule has 5 rings (SSSR count). The van der Waals surface area contributed by atoms with E-state index in [4.69, 9.17) is 10.5 Å². The number of aryl methyl sites for hydroxylation is 1. The first-order valence-electron chi connectivity index (χ1n) is 12.0. The van der Waals surface area contributed by atoms with Gasteiger partial charge in [0.1, 0.15) is 23.5 Å². The van der Waals surface area contributed by atoms with E-state index in [9.17, 15) is 4.79 Å². The third kappa shape index (κ3) is 5.23. The second-order valence-electron chi connectivity index (χ2n) is 8.79. The maximum absolute atomic E-state index is 15.4. The number of nitrogens with one attached hydrogen (secondary N) is 2. The molecule has 0 atom stereocenters. The van der Waals surface area contributed by atoms with Crippen molar-refractivity contribution in [1.29, 1.82) is 0 Å². The third-order valence-electron chi connectivity index (χ3n) is 6.33. The van der Waals surface area contributed by atoms with Crippen LogP contribution in [-0.4, -0.2) is 51.8 Å². The third-order valence-corrected chi connectivity index (χ3v) is 6.33. The number of nitrogens with zero attached hydrogens (tertiary/aromatic N) is 4. The number of rotatable bonds is 6. The molecule has 0 unspecified atom stereocenters. The van der Waals surface area contributed by atoms with Crippen LogP contribution in [0.3, 0.4) is 0 Å². The highest BCUT2D eigenvalue weighted by molar-refractivity contribution is 6.00. The second kappa shape index (κ2) is 10.5. The van der Waals surface area contributed by atoms with Crippen LogP contribution in [-0.2, 0) is 17.7 Å². The predicted octanol–water partition coefficient (Wildman–Crippen LogP) is 4.30. The number of aromatic nitrogens is 3. The van der Waals surface area contributed by atoms with Gasteiger partial charge in [-0.3, -0.25) is 4.90 Å². The lowest BCUT2D eigenvalue weighted by atomic mass is 10.0. The first-order valence-corrected chi connectivity index (χ1v) is 12.0. The Hall–Kier alpha value is -4.09. The normalized spacial score (nSPS) is 14.1. The molecule has 2 aromatic heterocycles. The Labute approximate surface area is 212 Å². The van der Waals surface area contributed by atoms with Gasteiger partial charge in [0.05, 0.1) is 24.6 Å². The zero-order valence-electron chi connectivity index (χ0n) is 20.3. The minimum atomic E-state index is -0.793. The van der Waals surface area contributed by atoms with Gasteiger partial charge in [0.15, 0.2) is 5.82 Å². The molecule has 0 saturated carbocycles. The molecule has 0 radical (unpaired) electrons. The minimum Gasteiger partial charge on any atom is -0.382 e. The summed E-state index contributed by atoms with van der Waals surface area (Å²) in [6.07, 6.45) is 2.13. The molecule has 1 aliphatic heterocycles. The number of hydrogen-bond acceptors (Lipinski definition) is 6. The second-order valence-corrected chi connectivity index (χ2v) is 8.79. The fourth-order valence-corrected chi connectivity index (χ4v) is 4.44. The van der Waals surface area contributed by atoms with E-state index in [-0.39, 0.29) is 17.1 Å². The molecule has 4 aromatic rings. The summed E-state index contributed by atoms with van der Waals surface area (Å²) in [6.45, 7) is 5.27. The lowest BCUT2D eigenvalue weighted by Crippen LogP contribution is -2.36. The standard InChI is InChI=1S/C26H27F2N7O2/c1-2-16-4-3-5-17(10-16)32-26(36)33-23-13-21(27)19(12-22(23)28)20-11-18(14-34-6-8-37-9-7-34)35-24(20)25(29)30-15-31-35/h3-5,10-13,15H,2,6-9,14H2,1H3,(H2,29,30,31)(H2,32,33,36). The highest BCUT2D eigenvalue weighted by Crippen LogP contribution is 2.35. The number of halogens is 2. The fraction of sp³-hybridized carbons (Fsp3) is 0.269. The summed E-state index contributed by atoms with van der Waals surface area (Å²) in [5.74, 6) is -1.37. The number of hydrogen-bond donors (Lipinski definition) is 3. The van der Waals surface area contributed by atoms with Crippen LogP contribution in [0.25, 0.3) is 16.6 Å². The van der Waals surface area contributed by atoms with Gasteiger partial charge in [-0.15, -0.1) is 0 Å². The molecule has 0 aliphatic carbocycles. The topological polar surface area (TPSA) is 110 Å². The van der Waals surface area contributed by atoms with Crippen molar-refractivity contribution in [3.63, 3.8) is 0 Å². The highest BCUT2D eigenvalue weighted by Gasteiger charge is 2.22. The number of carbonyl (C=O) groups is 1. The van der Waals surface area contributed by atoms with Gasteiger partial charge < -0.3 is 21.1 Å². The molecule has 9 nitrogen and oxygen atoms in total. The minimum absolute atomic E-state index is 0.00803. The molecule has 1 fully saturated rings. The van der Waals surface area contributed by atoms with Crippen molar-refractivity contribution >= 4 is 28.7 Å². The van der Waals surface area contributed by atoms with Gasteiger partial charge in [0, 0.05) is 42.5 Å². The van der Waals surface area contributed by atoms with E-state index < -0.39 is 17.7 Å². The Morgan fingerprint density at radius 3 is 2.68 bits per heavy atom. The summed E-state index contributed by atoms with van der Waals surface area (Å²) < 4.78 is 37.5.